The Labute approximate surface area is 169 Å². The summed E-state index contributed by atoms with van der Waals surface area (Å²) in [5, 5.41) is 3.97. The third kappa shape index (κ3) is 3.93. The van der Waals surface area contributed by atoms with Crippen LogP contribution in [0.4, 0.5) is 13.2 Å². The summed E-state index contributed by atoms with van der Waals surface area (Å²) in [7, 11) is 0. The number of nitrogens with zero attached hydrogens (tertiary/aromatic N) is 1. The summed E-state index contributed by atoms with van der Waals surface area (Å²) in [6, 6.07) is 5.84. The first-order valence-electron chi connectivity index (χ1n) is 9.06. The van der Waals surface area contributed by atoms with Gasteiger partial charge in [0, 0.05) is 53.9 Å². The first-order valence-corrected chi connectivity index (χ1v) is 9.43. The Morgan fingerprint density at radius 3 is 2.45 bits per heavy atom. The summed E-state index contributed by atoms with van der Waals surface area (Å²) in [6.45, 7) is 1.16. The molecule has 2 heterocycles. The number of hydrogen-bond acceptors (Lipinski definition) is 3. The highest BCUT2D eigenvalue weighted by Crippen LogP contribution is 2.34. The molecule has 29 heavy (non-hydrogen) atoms. The maximum absolute atomic E-state index is 14.3. The average Bonchev–Trinajstić information content (AvgIpc) is 2.69. The number of benzene rings is 2. The molecule has 1 aliphatic rings. The fourth-order valence-corrected chi connectivity index (χ4v) is 3.64. The number of pyridine rings is 1. The van der Waals surface area contributed by atoms with Gasteiger partial charge in [0.25, 0.3) is 5.91 Å². The van der Waals surface area contributed by atoms with Gasteiger partial charge in [-0.05, 0) is 25.0 Å². The molecule has 0 aliphatic carbocycles. The Hall–Kier alpha value is -2.64. The molecule has 0 bridgehead atoms. The van der Waals surface area contributed by atoms with E-state index in [-0.39, 0.29) is 22.7 Å². The van der Waals surface area contributed by atoms with Crippen LogP contribution < -0.4 is 5.32 Å². The van der Waals surface area contributed by atoms with Crippen molar-refractivity contribution in [2.75, 3.05) is 13.2 Å². The van der Waals surface area contributed by atoms with Crippen molar-refractivity contribution in [3.05, 3.63) is 64.6 Å². The summed E-state index contributed by atoms with van der Waals surface area (Å²) in [5.74, 6) is -3.52. The van der Waals surface area contributed by atoms with E-state index in [1.165, 1.54) is 12.3 Å². The second-order valence-corrected chi connectivity index (χ2v) is 7.23. The van der Waals surface area contributed by atoms with Gasteiger partial charge in [-0.3, -0.25) is 9.78 Å². The van der Waals surface area contributed by atoms with Crippen LogP contribution >= 0.6 is 11.6 Å². The number of hydrogen-bond donors (Lipinski definition) is 1. The SMILES string of the molecule is O=C(NC1CCOCC1)c1ccc2c(Cl)cnc(-c3c(F)cc(F)cc3F)c2c1. The maximum Gasteiger partial charge on any atom is 0.251 e. The van der Waals surface area contributed by atoms with E-state index in [4.69, 9.17) is 16.3 Å². The van der Waals surface area contributed by atoms with Crippen LogP contribution in [0.2, 0.25) is 5.02 Å². The molecule has 1 amide bonds. The Bertz CT molecular complexity index is 1080. The fraction of sp³-hybridized carbons (Fsp3) is 0.238. The van der Waals surface area contributed by atoms with Gasteiger partial charge < -0.3 is 10.1 Å². The minimum Gasteiger partial charge on any atom is -0.381 e. The summed E-state index contributed by atoms with van der Waals surface area (Å²) in [4.78, 5) is 16.7. The molecule has 1 saturated heterocycles. The van der Waals surface area contributed by atoms with Crippen molar-refractivity contribution >= 4 is 28.3 Å². The number of aromatic nitrogens is 1. The Morgan fingerprint density at radius 1 is 1.07 bits per heavy atom. The van der Waals surface area contributed by atoms with E-state index in [2.05, 4.69) is 10.3 Å². The minimum absolute atomic E-state index is 0.00380. The zero-order chi connectivity index (χ0) is 20.5. The number of carbonyl (C=O) groups excluding carboxylic acids is 1. The molecule has 1 fully saturated rings. The van der Waals surface area contributed by atoms with E-state index in [9.17, 15) is 18.0 Å². The van der Waals surface area contributed by atoms with Crippen molar-refractivity contribution in [3.8, 4) is 11.3 Å². The molecule has 0 spiro atoms. The smallest absolute Gasteiger partial charge is 0.251 e. The number of nitrogens with one attached hydrogen (secondary N) is 1. The van der Waals surface area contributed by atoms with Crippen LogP contribution in [0.5, 0.6) is 0 Å². The van der Waals surface area contributed by atoms with Crippen molar-refractivity contribution in [1.29, 1.82) is 0 Å². The van der Waals surface area contributed by atoms with E-state index >= 15 is 0 Å². The molecule has 150 valence electrons. The molecule has 8 heteroatoms. The van der Waals surface area contributed by atoms with Gasteiger partial charge in [0.2, 0.25) is 0 Å². The molecule has 0 atom stereocenters. The predicted octanol–water partition coefficient (Wildman–Crippen LogP) is 4.88. The molecular formula is C21H16ClF3N2O2. The molecule has 0 saturated carbocycles. The summed E-state index contributed by atoms with van der Waals surface area (Å²) >= 11 is 6.18. The van der Waals surface area contributed by atoms with Crippen molar-refractivity contribution in [1.82, 2.24) is 10.3 Å². The molecule has 4 rings (SSSR count). The topological polar surface area (TPSA) is 51.2 Å². The van der Waals surface area contributed by atoms with E-state index < -0.39 is 23.0 Å². The molecule has 0 radical (unpaired) electrons. The molecule has 1 N–H and O–H groups in total. The molecule has 1 aromatic heterocycles. The zero-order valence-electron chi connectivity index (χ0n) is 15.1. The van der Waals surface area contributed by atoms with E-state index in [1.54, 1.807) is 12.1 Å². The van der Waals surface area contributed by atoms with Crippen LogP contribution in [-0.2, 0) is 4.74 Å². The Morgan fingerprint density at radius 2 is 1.76 bits per heavy atom. The average molecular weight is 421 g/mol. The Balaban J connectivity index is 1.79. The third-order valence-electron chi connectivity index (χ3n) is 4.90. The predicted molar refractivity (Wildman–Crippen MR) is 103 cm³/mol. The third-order valence-corrected chi connectivity index (χ3v) is 5.20. The van der Waals surface area contributed by atoms with Gasteiger partial charge in [0.05, 0.1) is 16.3 Å². The van der Waals surface area contributed by atoms with E-state index in [1.807, 2.05) is 0 Å². The first-order chi connectivity index (χ1) is 13.9. The van der Waals surface area contributed by atoms with Gasteiger partial charge in [0.15, 0.2) is 0 Å². The van der Waals surface area contributed by atoms with Crippen LogP contribution in [0.25, 0.3) is 22.0 Å². The highest BCUT2D eigenvalue weighted by Gasteiger charge is 2.21. The number of halogens is 4. The largest absolute Gasteiger partial charge is 0.381 e. The fourth-order valence-electron chi connectivity index (χ4n) is 3.43. The highest BCUT2D eigenvalue weighted by molar-refractivity contribution is 6.35. The lowest BCUT2D eigenvalue weighted by molar-refractivity contribution is 0.0696. The molecule has 3 aromatic rings. The minimum atomic E-state index is -1.09. The van der Waals surface area contributed by atoms with Crippen molar-refractivity contribution in [3.63, 3.8) is 0 Å². The van der Waals surface area contributed by atoms with E-state index in [0.717, 1.165) is 0 Å². The molecular weight excluding hydrogens is 405 g/mol. The van der Waals surface area contributed by atoms with Crippen molar-refractivity contribution < 1.29 is 22.7 Å². The summed E-state index contributed by atoms with van der Waals surface area (Å²) in [6.07, 6.45) is 2.69. The summed E-state index contributed by atoms with van der Waals surface area (Å²) < 4.78 is 47.3. The molecule has 4 nitrogen and oxygen atoms in total. The lowest BCUT2D eigenvalue weighted by atomic mass is 10.00. The number of carbonyl (C=O) groups is 1. The van der Waals surface area contributed by atoms with Crippen molar-refractivity contribution in [2.24, 2.45) is 0 Å². The first kappa shape index (κ1) is 19.7. The normalized spacial score (nSPS) is 14.9. The van der Waals surface area contributed by atoms with Gasteiger partial charge in [0.1, 0.15) is 17.5 Å². The number of rotatable bonds is 3. The van der Waals surface area contributed by atoms with Gasteiger partial charge in [-0.25, -0.2) is 13.2 Å². The van der Waals surface area contributed by atoms with Gasteiger partial charge in [-0.15, -0.1) is 0 Å². The lowest BCUT2D eigenvalue weighted by Gasteiger charge is -2.23. The van der Waals surface area contributed by atoms with Crippen LogP contribution in [0.3, 0.4) is 0 Å². The number of amides is 1. The van der Waals surface area contributed by atoms with Crippen LogP contribution in [-0.4, -0.2) is 30.1 Å². The monoisotopic (exact) mass is 420 g/mol. The maximum atomic E-state index is 14.3. The second-order valence-electron chi connectivity index (χ2n) is 6.82. The van der Waals surface area contributed by atoms with Gasteiger partial charge >= 0.3 is 0 Å². The lowest BCUT2D eigenvalue weighted by Crippen LogP contribution is -2.38. The van der Waals surface area contributed by atoms with Crippen LogP contribution in [0.15, 0.2) is 36.5 Å². The summed E-state index contributed by atoms with van der Waals surface area (Å²) in [5.41, 5.74) is -0.229. The standard InChI is InChI=1S/C21H16ClF3N2O2/c22-16-10-26-20(19-17(24)8-12(23)9-18(19)25)15-7-11(1-2-14(15)16)21(28)27-13-3-5-29-6-4-13/h1-2,7-10,13H,3-6H2,(H,27,28). The van der Waals surface area contributed by atoms with Gasteiger partial charge in [-0.2, -0.15) is 0 Å². The Kier molecular flexibility index (Phi) is 5.43. The quantitative estimate of drug-likeness (QED) is 0.657. The highest BCUT2D eigenvalue weighted by atomic mass is 35.5. The van der Waals surface area contributed by atoms with Crippen LogP contribution in [0.1, 0.15) is 23.2 Å². The number of ether oxygens (including phenoxy) is 1. The van der Waals surface area contributed by atoms with Gasteiger partial charge in [-0.1, -0.05) is 17.7 Å². The van der Waals surface area contributed by atoms with E-state index in [0.29, 0.717) is 54.5 Å². The molecule has 0 unspecified atom stereocenters. The molecule has 1 aliphatic heterocycles. The zero-order valence-corrected chi connectivity index (χ0v) is 15.9. The molecule has 2 aromatic carbocycles. The number of fused-ring (bicyclic) bond motifs is 1. The second kappa shape index (κ2) is 8.00. The van der Waals surface area contributed by atoms with Crippen LogP contribution in [0, 0.1) is 17.5 Å². The van der Waals surface area contributed by atoms with Crippen molar-refractivity contribution in [2.45, 2.75) is 18.9 Å².